The summed E-state index contributed by atoms with van der Waals surface area (Å²) in [6.45, 7) is 2.95. The van der Waals surface area contributed by atoms with Crippen LogP contribution in [0.5, 0.6) is 0 Å². The van der Waals surface area contributed by atoms with E-state index in [9.17, 15) is 19.1 Å². The number of hydrogen-bond acceptors (Lipinski definition) is 4. The van der Waals surface area contributed by atoms with Crippen molar-refractivity contribution in [3.63, 3.8) is 0 Å². The SMILES string of the molecule is CC(C)(C(=O)O)n1c(-c2ccccc2)nc2scc(-c3ccc(F)cc3)c2c1=O. The third-order valence-electron chi connectivity index (χ3n) is 4.88. The summed E-state index contributed by atoms with van der Waals surface area (Å²) >= 11 is 1.30. The van der Waals surface area contributed by atoms with Crippen LogP contribution < -0.4 is 5.56 Å². The van der Waals surface area contributed by atoms with Crippen LogP contribution >= 0.6 is 11.3 Å². The van der Waals surface area contributed by atoms with Gasteiger partial charge in [0.2, 0.25) is 0 Å². The molecular formula is C22H17FN2O3S. The Morgan fingerprint density at radius 1 is 1.07 bits per heavy atom. The first-order chi connectivity index (χ1) is 13.8. The van der Waals surface area contributed by atoms with Crippen molar-refractivity contribution in [2.45, 2.75) is 19.4 Å². The maximum atomic E-state index is 13.6. The van der Waals surface area contributed by atoms with E-state index >= 15 is 0 Å². The van der Waals surface area contributed by atoms with Gasteiger partial charge in [0.05, 0.1) is 5.39 Å². The smallest absolute Gasteiger partial charge is 0.329 e. The first-order valence-corrected chi connectivity index (χ1v) is 9.78. The molecule has 0 spiro atoms. The first kappa shape index (κ1) is 19.0. The number of fused-ring (bicyclic) bond motifs is 1. The molecule has 2 aromatic heterocycles. The lowest BCUT2D eigenvalue weighted by Crippen LogP contribution is -2.44. The Hall–Kier alpha value is -3.32. The Balaban J connectivity index is 2.09. The maximum absolute atomic E-state index is 13.6. The van der Waals surface area contributed by atoms with Gasteiger partial charge in [0.25, 0.3) is 5.56 Å². The Bertz CT molecular complexity index is 1280. The fourth-order valence-electron chi connectivity index (χ4n) is 3.23. The Kier molecular flexibility index (Phi) is 4.55. The van der Waals surface area contributed by atoms with Crippen molar-refractivity contribution in [3.05, 3.63) is 76.1 Å². The number of hydrogen-bond donors (Lipinski definition) is 1. The Morgan fingerprint density at radius 3 is 2.34 bits per heavy atom. The molecule has 0 unspecified atom stereocenters. The Morgan fingerprint density at radius 2 is 1.72 bits per heavy atom. The maximum Gasteiger partial charge on any atom is 0.329 e. The Labute approximate surface area is 169 Å². The second-order valence-corrected chi connectivity index (χ2v) is 8.00. The van der Waals surface area contributed by atoms with Gasteiger partial charge in [0.1, 0.15) is 22.0 Å². The van der Waals surface area contributed by atoms with Crippen molar-refractivity contribution < 1.29 is 14.3 Å². The number of benzene rings is 2. The zero-order valence-electron chi connectivity index (χ0n) is 15.7. The number of aliphatic carboxylic acids is 1. The van der Waals surface area contributed by atoms with Gasteiger partial charge >= 0.3 is 5.97 Å². The molecule has 0 saturated heterocycles. The third-order valence-corrected chi connectivity index (χ3v) is 5.75. The quantitative estimate of drug-likeness (QED) is 0.529. The van der Waals surface area contributed by atoms with Crippen molar-refractivity contribution in [1.82, 2.24) is 9.55 Å². The first-order valence-electron chi connectivity index (χ1n) is 8.90. The van der Waals surface area contributed by atoms with Crippen LogP contribution in [0, 0.1) is 5.82 Å². The minimum absolute atomic E-state index is 0.294. The summed E-state index contributed by atoms with van der Waals surface area (Å²) in [4.78, 5) is 30.8. The monoisotopic (exact) mass is 408 g/mol. The molecule has 0 saturated carbocycles. The summed E-state index contributed by atoms with van der Waals surface area (Å²) in [6.07, 6.45) is 0. The highest BCUT2D eigenvalue weighted by Gasteiger charge is 2.34. The van der Waals surface area contributed by atoms with E-state index < -0.39 is 17.1 Å². The van der Waals surface area contributed by atoms with E-state index in [1.807, 2.05) is 18.2 Å². The highest BCUT2D eigenvalue weighted by molar-refractivity contribution is 7.17. The average molecular weight is 408 g/mol. The van der Waals surface area contributed by atoms with E-state index in [2.05, 4.69) is 4.98 Å². The van der Waals surface area contributed by atoms with E-state index in [0.29, 0.717) is 32.7 Å². The lowest BCUT2D eigenvalue weighted by Gasteiger charge is -2.25. The number of nitrogens with zero attached hydrogens (tertiary/aromatic N) is 2. The van der Waals surface area contributed by atoms with Gasteiger partial charge < -0.3 is 5.11 Å². The standard InChI is InChI=1S/C22H17FN2O3S/c1-22(2,21(27)28)25-18(14-6-4-3-5-7-14)24-19-17(20(25)26)16(12-29-19)13-8-10-15(23)11-9-13/h3-12H,1-2H3,(H,27,28). The molecule has 0 aliphatic rings. The average Bonchev–Trinajstić information content (AvgIpc) is 3.13. The molecule has 2 aromatic carbocycles. The van der Waals surface area contributed by atoms with Gasteiger partial charge in [0.15, 0.2) is 0 Å². The molecule has 29 heavy (non-hydrogen) atoms. The predicted molar refractivity (Wildman–Crippen MR) is 112 cm³/mol. The van der Waals surface area contributed by atoms with Gasteiger partial charge in [-0.15, -0.1) is 11.3 Å². The van der Waals surface area contributed by atoms with Crippen LogP contribution in [0.25, 0.3) is 32.7 Å². The second-order valence-electron chi connectivity index (χ2n) is 7.14. The summed E-state index contributed by atoms with van der Waals surface area (Å²) < 4.78 is 14.6. The summed E-state index contributed by atoms with van der Waals surface area (Å²) in [6, 6.07) is 14.9. The minimum atomic E-state index is -1.52. The van der Waals surface area contributed by atoms with E-state index in [1.165, 1.54) is 41.9 Å². The van der Waals surface area contributed by atoms with Crippen molar-refractivity contribution in [1.29, 1.82) is 0 Å². The molecule has 0 aliphatic carbocycles. The van der Waals surface area contributed by atoms with Crippen LogP contribution in [0.15, 0.2) is 64.8 Å². The lowest BCUT2D eigenvalue weighted by atomic mass is 10.0. The molecule has 7 heteroatoms. The van der Waals surface area contributed by atoms with Crippen molar-refractivity contribution in [2.24, 2.45) is 0 Å². The molecule has 0 atom stereocenters. The largest absolute Gasteiger partial charge is 0.480 e. The summed E-state index contributed by atoms with van der Waals surface area (Å²) in [5.41, 5.74) is -0.0361. The van der Waals surface area contributed by atoms with Crippen molar-refractivity contribution in [2.75, 3.05) is 0 Å². The molecule has 1 N–H and O–H groups in total. The number of rotatable bonds is 4. The molecule has 2 heterocycles. The van der Waals surface area contributed by atoms with Gasteiger partial charge in [-0.25, -0.2) is 14.2 Å². The van der Waals surface area contributed by atoms with Crippen LogP contribution in [0.2, 0.25) is 0 Å². The van der Waals surface area contributed by atoms with E-state index in [0.717, 1.165) is 0 Å². The number of thiophene rings is 1. The zero-order valence-corrected chi connectivity index (χ0v) is 16.5. The van der Waals surface area contributed by atoms with Gasteiger partial charge in [-0.1, -0.05) is 42.5 Å². The summed E-state index contributed by atoms with van der Waals surface area (Å²) in [7, 11) is 0. The van der Waals surface area contributed by atoms with Gasteiger partial charge in [-0.3, -0.25) is 9.36 Å². The van der Waals surface area contributed by atoms with Crippen LogP contribution in [-0.2, 0) is 10.3 Å². The van der Waals surface area contributed by atoms with E-state index in [-0.39, 0.29) is 5.82 Å². The van der Waals surface area contributed by atoms with E-state index in [4.69, 9.17) is 0 Å². The molecular weight excluding hydrogens is 391 g/mol. The van der Waals surface area contributed by atoms with Crippen LogP contribution in [-0.4, -0.2) is 20.6 Å². The van der Waals surface area contributed by atoms with Crippen LogP contribution in [0.4, 0.5) is 4.39 Å². The number of halogens is 1. The molecule has 4 rings (SSSR count). The van der Waals surface area contributed by atoms with Gasteiger partial charge in [-0.05, 0) is 31.5 Å². The van der Waals surface area contributed by atoms with Crippen LogP contribution in [0.3, 0.4) is 0 Å². The van der Waals surface area contributed by atoms with Gasteiger partial charge in [0, 0.05) is 16.5 Å². The predicted octanol–water partition coefficient (Wildman–Crippen LogP) is 4.75. The molecule has 0 radical (unpaired) electrons. The molecule has 0 aliphatic heterocycles. The zero-order chi connectivity index (χ0) is 20.8. The fraction of sp³-hybridized carbons (Fsp3) is 0.136. The topological polar surface area (TPSA) is 72.2 Å². The number of carboxylic acids is 1. The molecule has 4 aromatic rings. The molecule has 0 fully saturated rings. The number of carboxylic acid groups (broad SMARTS) is 1. The highest BCUT2D eigenvalue weighted by atomic mass is 32.1. The van der Waals surface area contributed by atoms with Crippen molar-refractivity contribution >= 4 is 27.5 Å². The molecule has 0 bridgehead atoms. The van der Waals surface area contributed by atoms with E-state index in [1.54, 1.807) is 29.6 Å². The lowest BCUT2D eigenvalue weighted by molar-refractivity contribution is -0.145. The van der Waals surface area contributed by atoms with Gasteiger partial charge in [-0.2, -0.15) is 0 Å². The minimum Gasteiger partial charge on any atom is -0.480 e. The normalized spacial score (nSPS) is 11.7. The second kappa shape index (κ2) is 6.93. The summed E-state index contributed by atoms with van der Waals surface area (Å²) in [5.74, 6) is -1.22. The number of carbonyl (C=O) groups is 1. The molecule has 0 amide bonds. The van der Waals surface area contributed by atoms with Crippen molar-refractivity contribution in [3.8, 4) is 22.5 Å². The highest BCUT2D eigenvalue weighted by Crippen LogP contribution is 2.34. The fourth-order valence-corrected chi connectivity index (χ4v) is 4.17. The third kappa shape index (κ3) is 3.13. The molecule has 5 nitrogen and oxygen atoms in total. The van der Waals surface area contributed by atoms with Crippen LogP contribution in [0.1, 0.15) is 13.8 Å². The summed E-state index contributed by atoms with van der Waals surface area (Å²) in [5, 5.41) is 11.9. The molecule has 146 valence electrons. The number of aromatic nitrogens is 2.